The summed E-state index contributed by atoms with van der Waals surface area (Å²) in [6.45, 7) is 1.17. The highest BCUT2D eigenvalue weighted by Crippen LogP contribution is 2.28. The number of nitrogens with zero attached hydrogens (tertiary/aromatic N) is 1. The van der Waals surface area contributed by atoms with Gasteiger partial charge in [-0.2, -0.15) is 0 Å². The van der Waals surface area contributed by atoms with Crippen LogP contribution in [0.15, 0.2) is 24.3 Å². The van der Waals surface area contributed by atoms with Crippen molar-refractivity contribution in [3.05, 3.63) is 29.8 Å². The van der Waals surface area contributed by atoms with Crippen LogP contribution in [0.1, 0.15) is 5.56 Å². The molecule has 1 aliphatic rings. The number of rotatable bonds is 5. The largest absolute Gasteiger partial charge is 0.480 e. The van der Waals surface area contributed by atoms with Gasteiger partial charge in [0.1, 0.15) is 5.75 Å². The van der Waals surface area contributed by atoms with E-state index in [9.17, 15) is 4.79 Å². The van der Waals surface area contributed by atoms with Crippen molar-refractivity contribution < 1.29 is 14.3 Å². The van der Waals surface area contributed by atoms with Crippen LogP contribution in [-0.4, -0.2) is 49.0 Å². The number of carbonyl (C=O) groups excluding carboxylic acids is 1. The molecule has 1 amide bonds. The number of para-hydroxylation sites is 1. The molecular formula is C14H18BrNO3. The van der Waals surface area contributed by atoms with Gasteiger partial charge in [-0.3, -0.25) is 4.79 Å². The highest BCUT2D eigenvalue weighted by atomic mass is 79.9. The van der Waals surface area contributed by atoms with Gasteiger partial charge in [0.15, 0.2) is 6.10 Å². The highest BCUT2D eigenvalue weighted by molar-refractivity contribution is 9.09. The summed E-state index contributed by atoms with van der Waals surface area (Å²) in [6, 6.07) is 7.79. The molecule has 4 nitrogen and oxygen atoms in total. The number of ether oxygens (including phenoxy) is 2. The maximum atomic E-state index is 12.3. The van der Waals surface area contributed by atoms with E-state index >= 15 is 0 Å². The van der Waals surface area contributed by atoms with Crippen molar-refractivity contribution in [1.82, 2.24) is 4.90 Å². The second-order valence-electron chi connectivity index (χ2n) is 4.69. The normalized spacial score (nSPS) is 18.6. The first kappa shape index (κ1) is 14.3. The zero-order valence-corrected chi connectivity index (χ0v) is 12.7. The maximum absolute atomic E-state index is 12.3. The topological polar surface area (TPSA) is 38.8 Å². The summed E-state index contributed by atoms with van der Waals surface area (Å²) in [5.41, 5.74) is 1.10. The number of carbonyl (C=O) groups is 1. The minimum absolute atomic E-state index is 0.0109. The molecule has 0 saturated heterocycles. The van der Waals surface area contributed by atoms with E-state index in [1.54, 1.807) is 19.1 Å². The SMILES string of the molecule is COCC(Br)CN(C)C(=O)C1Cc2ccccc2O1. The van der Waals surface area contributed by atoms with Crippen LogP contribution >= 0.6 is 15.9 Å². The summed E-state index contributed by atoms with van der Waals surface area (Å²) in [4.78, 5) is 14.1. The van der Waals surface area contributed by atoms with Gasteiger partial charge < -0.3 is 14.4 Å². The Morgan fingerprint density at radius 1 is 1.58 bits per heavy atom. The number of fused-ring (bicyclic) bond motifs is 1. The standard InChI is InChI=1S/C14H18BrNO3/c1-16(8-11(15)9-18-2)14(17)13-7-10-5-3-4-6-12(10)19-13/h3-6,11,13H,7-9H2,1-2H3. The Balaban J connectivity index is 1.91. The molecule has 0 spiro atoms. The lowest BCUT2D eigenvalue weighted by atomic mass is 10.1. The van der Waals surface area contributed by atoms with E-state index in [1.165, 1.54) is 0 Å². The first-order chi connectivity index (χ1) is 9.11. The molecule has 0 aliphatic carbocycles. The number of likely N-dealkylation sites (N-methyl/N-ethyl adjacent to an activating group) is 1. The van der Waals surface area contributed by atoms with Gasteiger partial charge in [-0.1, -0.05) is 34.1 Å². The van der Waals surface area contributed by atoms with Crippen LogP contribution in [0.4, 0.5) is 0 Å². The number of amides is 1. The summed E-state index contributed by atoms with van der Waals surface area (Å²) >= 11 is 3.48. The number of alkyl halides is 1. The Kier molecular flexibility index (Phi) is 4.82. The fourth-order valence-corrected chi connectivity index (χ4v) is 2.88. The quantitative estimate of drug-likeness (QED) is 0.775. The third-order valence-electron chi connectivity index (χ3n) is 3.12. The lowest BCUT2D eigenvalue weighted by Gasteiger charge is -2.23. The molecular weight excluding hydrogens is 310 g/mol. The zero-order chi connectivity index (χ0) is 13.8. The Morgan fingerprint density at radius 2 is 2.32 bits per heavy atom. The van der Waals surface area contributed by atoms with Crippen LogP contribution in [0, 0.1) is 0 Å². The van der Waals surface area contributed by atoms with E-state index in [0.29, 0.717) is 19.6 Å². The second-order valence-corrected chi connectivity index (χ2v) is 5.98. The Hall–Kier alpha value is -1.07. The Bertz CT molecular complexity index is 427. The predicted octanol–water partition coefficient (Wildman–Crippen LogP) is 1.86. The third kappa shape index (κ3) is 3.48. The van der Waals surface area contributed by atoms with Gasteiger partial charge in [0.25, 0.3) is 5.91 Å². The molecule has 0 fully saturated rings. The molecule has 0 N–H and O–H groups in total. The first-order valence-corrected chi connectivity index (χ1v) is 7.16. The van der Waals surface area contributed by atoms with Crippen LogP contribution in [0.3, 0.4) is 0 Å². The average Bonchev–Trinajstić information content (AvgIpc) is 2.81. The summed E-state index contributed by atoms with van der Waals surface area (Å²) in [5.74, 6) is 0.832. The van der Waals surface area contributed by atoms with Crippen molar-refractivity contribution in [2.75, 3.05) is 27.3 Å². The monoisotopic (exact) mass is 327 g/mol. The maximum Gasteiger partial charge on any atom is 0.263 e. The van der Waals surface area contributed by atoms with Crippen molar-refractivity contribution in [3.63, 3.8) is 0 Å². The summed E-state index contributed by atoms with van der Waals surface area (Å²) in [7, 11) is 3.44. The smallest absolute Gasteiger partial charge is 0.263 e. The van der Waals surface area contributed by atoms with Crippen LogP contribution < -0.4 is 4.74 Å². The average molecular weight is 328 g/mol. The van der Waals surface area contributed by atoms with Crippen LogP contribution in [-0.2, 0) is 16.0 Å². The molecule has 1 aromatic rings. The van der Waals surface area contributed by atoms with E-state index in [0.717, 1.165) is 11.3 Å². The van der Waals surface area contributed by atoms with E-state index in [1.807, 2.05) is 24.3 Å². The second kappa shape index (κ2) is 6.39. The minimum Gasteiger partial charge on any atom is -0.480 e. The van der Waals surface area contributed by atoms with Gasteiger partial charge >= 0.3 is 0 Å². The Morgan fingerprint density at radius 3 is 3.00 bits per heavy atom. The summed E-state index contributed by atoms with van der Waals surface area (Å²) in [6.07, 6.45) is 0.251. The van der Waals surface area contributed by atoms with E-state index in [-0.39, 0.29) is 10.7 Å². The van der Waals surface area contributed by atoms with Gasteiger partial charge in [-0.25, -0.2) is 0 Å². The van der Waals surface area contributed by atoms with E-state index in [2.05, 4.69) is 15.9 Å². The van der Waals surface area contributed by atoms with Gasteiger partial charge in [0.05, 0.1) is 11.4 Å². The molecule has 0 bridgehead atoms. The lowest BCUT2D eigenvalue weighted by Crippen LogP contribution is -2.42. The summed E-state index contributed by atoms with van der Waals surface area (Å²) < 4.78 is 10.7. The highest BCUT2D eigenvalue weighted by Gasteiger charge is 2.31. The fourth-order valence-electron chi connectivity index (χ4n) is 2.19. The van der Waals surface area contributed by atoms with Crippen molar-refractivity contribution >= 4 is 21.8 Å². The van der Waals surface area contributed by atoms with E-state index < -0.39 is 6.10 Å². The molecule has 1 heterocycles. The van der Waals surface area contributed by atoms with Gasteiger partial charge in [-0.05, 0) is 11.6 Å². The lowest BCUT2D eigenvalue weighted by molar-refractivity contribution is -0.136. The van der Waals surface area contributed by atoms with Gasteiger partial charge in [0, 0.05) is 27.1 Å². The van der Waals surface area contributed by atoms with Gasteiger partial charge in [0.2, 0.25) is 0 Å². The zero-order valence-electron chi connectivity index (χ0n) is 11.1. The molecule has 19 heavy (non-hydrogen) atoms. The number of halogens is 1. The molecule has 0 saturated carbocycles. The molecule has 1 aromatic carbocycles. The molecule has 2 rings (SSSR count). The molecule has 2 atom stereocenters. The number of hydrogen-bond acceptors (Lipinski definition) is 3. The number of hydrogen-bond donors (Lipinski definition) is 0. The molecule has 5 heteroatoms. The molecule has 1 aliphatic heterocycles. The van der Waals surface area contributed by atoms with Crippen molar-refractivity contribution in [1.29, 1.82) is 0 Å². The molecule has 0 aromatic heterocycles. The number of benzene rings is 1. The van der Waals surface area contributed by atoms with Gasteiger partial charge in [-0.15, -0.1) is 0 Å². The van der Waals surface area contributed by atoms with E-state index in [4.69, 9.17) is 9.47 Å². The first-order valence-electron chi connectivity index (χ1n) is 6.24. The fraction of sp³-hybridized carbons (Fsp3) is 0.500. The van der Waals surface area contributed by atoms with Crippen LogP contribution in [0.2, 0.25) is 0 Å². The molecule has 0 radical (unpaired) electrons. The predicted molar refractivity (Wildman–Crippen MR) is 76.8 cm³/mol. The Labute approximate surface area is 121 Å². The minimum atomic E-state index is -0.398. The van der Waals surface area contributed by atoms with Crippen LogP contribution in [0.5, 0.6) is 5.75 Å². The summed E-state index contributed by atoms with van der Waals surface area (Å²) in [5, 5.41) is 0. The van der Waals surface area contributed by atoms with Crippen molar-refractivity contribution in [3.8, 4) is 5.75 Å². The van der Waals surface area contributed by atoms with Crippen molar-refractivity contribution in [2.24, 2.45) is 0 Å². The molecule has 2 unspecified atom stereocenters. The van der Waals surface area contributed by atoms with Crippen molar-refractivity contribution in [2.45, 2.75) is 17.4 Å². The van der Waals surface area contributed by atoms with Crippen LogP contribution in [0.25, 0.3) is 0 Å². The molecule has 104 valence electrons. The third-order valence-corrected chi connectivity index (χ3v) is 3.67. The number of methoxy groups -OCH3 is 1.